The zero-order chi connectivity index (χ0) is 19.2. The maximum Gasteiger partial charge on any atom is 0.313 e. The molecular formula is C13H21N5O7P+. The van der Waals surface area contributed by atoms with Crippen LogP contribution in [0.2, 0.25) is 0 Å². The molecule has 0 saturated carbocycles. The van der Waals surface area contributed by atoms with E-state index in [1.165, 1.54) is 22.6 Å². The molecule has 6 N–H and O–H groups in total. The van der Waals surface area contributed by atoms with Crippen molar-refractivity contribution in [1.29, 1.82) is 0 Å². The van der Waals surface area contributed by atoms with E-state index in [-0.39, 0.29) is 23.7 Å². The first-order valence-corrected chi connectivity index (χ1v) is 9.35. The molecular weight excluding hydrogens is 369 g/mol. The summed E-state index contributed by atoms with van der Waals surface area (Å²) in [6.45, 7) is -0.252. The van der Waals surface area contributed by atoms with Gasteiger partial charge in [-0.2, -0.15) is 0 Å². The number of fused-ring (bicyclic) bond motifs is 1. The summed E-state index contributed by atoms with van der Waals surface area (Å²) in [5.41, 5.74) is 5.55. The second kappa shape index (κ2) is 6.74. The molecule has 1 saturated heterocycles. The van der Waals surface area contributed by atoms with Crippen LogP contribution in [-0.4, -0.2) is 68.0 Å². The van der Waals surface area contributed by atoms with Crippen molar-refractivity contribution in [3.05, 3.63) is 16.7 Å². The fraction of sp³-hybridized carbons (Fsp3) is 0.538. The lowest BCUT2D eigenvalue weighted by atomic mass is 10.1. The number of anilines is 1. The summed E-state index contributed by atoms with van der Waals surface area (Å²) in [6.07, 6.45) is 0.238. The largest absolute Gasteiger partial charge is 0.387 e. The van der Waals surface area contributed by atoms with E-state index in [9.17, 15) is 19.9 Å². The summed E-state index contributed by atoms with van der Waals surface area (Å²) in [5.74, 6) is -0.0950. The number of nitrogens with two attached hydrogens (primary N) is 1. The predicted molar refractivity (Wildman–Crippen MR) is 91.1 cm³/mol. The number of nitrogen functional groups attached to an aromatic ring is 1. The Morgan fingerprint density at radius 2 is 2.23 bits per heavy atom. The smallest absolute Gasteiger partial charge is 0.313 e. The molecule has 5 atom stereocenters. The Hall–Kier alpha value is -1.79. The number of aliphatic hydroxyl groups excluding tert-OH is 2. The fourth-order valence-electron chi connectivity index (χ4n) is 2.79. The van der Waals surface area contributed by atoms with Crippen molar-refractivity contribution in [2.45, 2.75) is 24.5 Å². The molecule has 1 fully saturated rings. The lowest BCUT2D eigenvalue weighted by molar-refractivity contribution is -0.745. The lowest BCUT2D eigenvalue weighted by Gasteiger charge is -2.19. The molecule has 3 heterocycles. The van der Waals surface area contributed by atoms with Crippen LogP contribution in [0.15, 0.2) is 11.1 Å². The number of ether oxygens (including phenoxy) is 1. The Morgan fingerprint density at radius 3 is 2.88 bits per heavy atom. The van der Waals surface area contributed by atoms with Crippen LogP contribution in [0.25, 0.3) is 11.2 Å². The number of aromatic amines is 1. The van der Waals surface area contributed by atoms with Crippen LogP contribution in [0.5, 0.6) is 0 Å². The van der Waals surface area contributed by atoms with Crippen LogP contribution in [-0.2, 0) is 20.8 Å². The highest BCUT2D eigenvalue weighted by Crippen LogP contribution is 2.42. The van der Waals surface area contributed by atoms with Gasteiger partial charge in [-0.25, -0.2) is 4.57 Å². The highest BCUT2D eigenvalue weighted by molar-refractivity contribution is 7.58. The van der Waals surface area contributed by atoms with E-state index < -0.39 is 37.7 Å². The number of nitrogens with zero attached hydrogens (tertiary/aromatic N) is 3. The predicted octanol–water partition coefficient (Wildman–Crippen LogP) is -2.40. The van der Waals surface area contributed by atoms with Crippen molar-refractivity contribution in [2.24, 2.45) is 7.05 Å². The molecule has 0 spiro atoms. The minimum atomic E-state index is -3.27. The van der Waals surface area contributed by atoms with E-state index >= 15 is 0 Å². The first-order chi connectivity index (χ1) is 12.1. The van der Waals surface area contributed by atoms with Gasteiger partial charge in [0.25, 0.3) is 11.5 Å². The highest BCUT2D eigenvalue weighted by Gasteiger charge is 2.47. The van der Waals surface area contributed by atoms with E-state index in [1.54, 1.807) is 7.05 Å². The number of hydrogen-bond donors (Lipinski definition) is 5. The van der Waals surface area contributed by atoms with Gasteiger partial charge in [0.2, 0.25) is 19.3 Å². The van der Waals surface area contributed by atoms with Gasteiger partial charge >= 0.3 is 5.65 Å². The number of aryl methyl sites for hydroxylation is 1. The van der Waals surface area contributed by atoms with Crippen molar-refractivity contribution in [2.75, 3.05) is 19.5 Å². The van der Waals surface area contributed by atoms with Crippen LogP contribution in [0.4, 0.5) is 5.95 Å². The maximum absolute atomic E-state index is 12.1. The molecule has 3 rings (SSSR count). The molecule has 1 aliphatic rings. The molecule has 2 aromatic rings. The van der Waals surface area contributed by atoms with Crippen molar-refractivity contribution in [3.8, 4) is 0 Å². The van der Waals surface area contributed by atoms with Gasteiger partial charge in [-0.15, -0.1) is 0 Å². The van der Waals surface area contributed by atoms with Crippen LogP contribution < -0.4 is 15.9 Å². The Morgan fingerprint density at radius 1 is 1.54 bits per heavy atom. The number of hydrogen-bond acceptors (Lipinski definition) is 9. The molecule has 144 valence electrons. The molecule has 13 heteroatoms. The summed E-state index contributed by atoms with van der Waals surface area (Å²) in [4.78, 5) is 28.3. The standard InChI is InChI=1S/C13H20N5O7P/c1-17-5-18(10-7(17)11(21)16-13(14)15-10)12-9(20)8(19)6(25-12)4-24-26(3,22)23-2/h5-6,8-9,12,19-20H,3-4H2,1-2H3,(H3-,14,15,16,21,22)/p+1. The number of H-pyrrole nitrogens is 1. The zero-order valence-electron chi connectivity index (χ0n) is 14.1. The fourth-order valence-corrected chi connectivity index (χ4v) is 3.28. The maximum atomic E-state index is 12.1. The topological polar surface area (TPSA) is 169 Å². The number of aromatic nitrogens is 4. The summed E-state index contributed by atoms with van der Waals surface area (Å²) in [6, 6.07) is 0. The van der Waals surface area contributed by atoms with E-state index in [0.29, 0.717) is 0 Å². The molecule has 1 aliphatic heterocycles. The Bertz CT molecular complexity index is 927. The average molecular weight is 390 g/mol. The number of imidazole rings is 1. The normalized spacial score (nSPS) is 28.5. The summed E-state index contributed by atoms with van der Waals surface area (Å²) in [7, 11) is -0.409. The number of aliphatic hydroxyl groups is 2. The minimum Gasteiger partial charge on any atom is -0.387 e. The summed E-state index contributed by atoms with van der Waals surface area (Å²) in [5, 5.41) is 20.6. The van der Waals surface area contributed by atoms with Gasteiger partial charge in [0, 0.05) is 7.11 Å². The quantitative estimate of drug-likeness (QED) is 0.276. The second-order valence-electron chi connectivity index (χ2n) is 5.92. The molecule has 0 amide bonds. The third kappa shape index (κ3) is 3.28. The SMILES string of the molecule is C=P(O)(OC)OCC1OC([n+]2cn(C)c3c(=O)[nH]c(N)nc32)C(O)C1O. The monoisotopic (exact) mass is 390 g/mol. The molecule has 0 bridgehead atoms. The summed E-state index contributed by atoms with van der Waals surface area (Å²) < 4.78 is 18.4. The Kier molecular flexibility index (Phi) is 4.92. The van der Waals surface area contributed by atoms with Gasteiger partial charge in [-0.05, 0) is 6.30 Å². The van der Waals surface area contributed by atoms with Crippen molar-refractivity contribution in [3.63, 3.8) is 0 Å². The van der Waals surface area contributed by atoms with Gasteiger partial charge in [-0.1, -0.05) is 4.98 Å². The van der Waals surface area contributed by atoms with E-state index in [2.05, 4.69) is 16.3 Å². The van der Waals surface area contributed by atoms with E-state index in [1.807, 2.05) is 0 Å². The summed E-state index contributed by atoms with van der Waals surface area (Å²) >= 11 is 0. The van der Waals surface area contributed by atoms with Crippen LogP contribution in [0.1, 0.15) is 6.23 Å². The van der Waals surface area contributed by atoms with Crippen molar-refractivity contribution < 1.29 is 33.5 Å². The molecule has 0 aliphatic carbocycles. The third-order valence-electron chi connectivity index (χ3n) is 4.13. The minimum absolute atomic E-state index is 0.0950. The average Bonchev–Trinajstić information content (AvgIpc) is 3.04. The van der Waals surface area contributed by atoms with Crippen molar-refractivity contribution in [1.82, 2.24) is 14.5 Å². The van der Waals surface area contributed by atoms with Crippen LogP contribution >= 0.6 is 7.57 Å². The molecule has 2 aromatic heterocycles. The Labute approximate surface area is 147 Å². The molecule has 12 nitrogen and oxygen atoms in total. The van der Waals surface area contributed by atoms with Crippen molar-refractivity contribution >= 4 is 31.0 Å². The van der Waals surface area contributed by atoms with Gasteiger partial charge in [0.1, 0.15) is 18.3 Å². The van der Waals surface area contributed by atoms with E-state index in [0.717, 1.165) is 0 Å². The Balaban J connectivity index is 1.92. The van der Waals surface area contributed by atoms with Gasteiger partial charge in [0.15, 0.2) is 6.33 Å². The van der Waals surface area contributed by atoms with Crippen LogP contribution in [0, 0.1) is 0 Å². The highest BCUT2D eigenvalue weighted by atomic mass is 31.2. The number of rotatable bonds is 5. The molecule has 26 heavy (non-hydrogen) atoms. The lowest BCUT2D eigenvalue weighted by Crippen LogP contribution is -2.46. The first-order valence-electron chi connectivity index (χ1n) is 7.58. The second-order valence-corrected chi connectivity index (χ2v) is 7.82. The molecule has 5 unspecified atom stereocenters. The zero-order valence-corrected chi connectivity index (χ0v) is 15.0. The van der Waals surface area contributed by atoms with Crippen LogP contribution in [0.3, 0.4) is 0 Å². The molecule has 0 aromatic carbocycles. The van der Waals surface area contributed by atoms with Gasteiger partial charge in [0.05, 0.1) is 13.7 Å². The molecule has 0 radical (unpaired) electrons. The first kappa shape index (κ1) is 19.0. The van der Waals surface area contributed by atoms with Gasteiger partial charge in [-0.3, -0.25) is 14.3 Å². The number of nitrogens with one attached hydrogen (secondary N) is 1. The third-order valence-corrected chi connectivity index (χ3v) is 5.25. The van der Waals surface area contributed by atoms with Gasteiger partial charge < -0.3 is 34.6 Å². The van der Waals surface area contributed by atoms with E-state index in [4.69, 9.17) is 19.5 Å².